The topological polar surface area (TPSA) is 77.2 Å². The number of ether oxygens (including phenoxy) is 1. The molecule has 1 unspecified atom stereocenters. The molecule has 0 radical (unpaired) electrons. The second kappa shape index (κ2) is 8.44. The molecule has 3 aromatic rings. The van der Waals surface area contributed by atoms with E-state index in [2.05, 4.69) is 16.9 Å². The zero-order valence-corrected chi connectivity index (χ0v) is 15.7. The third-order valence-corrected chi connectivity index (χ3v) is 4.53. The minimum absolute atomic E-state index is 0.0457. The van der Waals surface area contributed by atoms with Crippen molar-refractivity contribution in [3.63, 3.8) is 0 Å². The lowest BCUT2D eigenvalue weighted by molar-refractivity contribution is 0.317. The number of aromatic nitrogens is 3. The first-order valence-electron chi connectivity index (χ1n) is 8.07. The molecule has 1 atom stereocenters. The van der Waals surface area contributed by atoms with Crippen LogP contribution in [0.1, 0.15) is 18.9 Å². The van der Waals surface area contributed by atoms with Crippen LogP contribution in [0.4, 0.5) is 0 Å². The summed E-state index contributed by atoms with van der Waals surface area (Å²) in [6.07, 6.45) is 4.13. The van der Waals surface area contributed by atoms with E-state index in [0.717, 1.165) is 23.4 Å². The van der Waals surface area contributed by atoms with Gasteiger partial charge in [0.25, 0.3) is 0 Å². The predicted molar refractivity (Wildman–Crippen MR) is 102 cm³/mol. The molecule has 0 aliphatic carbocycles. The highest BCUT2D eigenvalue weighted by molar-refractivity contribution is 7.78. The Morgan fingerprint density at radius 1 is 1.19 bits per heavy atom. The third kappa shape index (κ3) is 4.30. The molecule has 0 bridgehead atoms. The number of imidazole rings is 1. The molecule has 2 heterocycles. The number of rotatable bonds is 7. The average Bonchev–Trinajstić information content (AvgIpc) is 3.02. The Labute approximate surface area is 159 Å². The molecular formula is C18H18ClN3O3S. The minimum Gasteiger partial charge on any atom is -0.494 e. The van der Waals surface area contributed by atoms with E-state index in [1.54, 1.807) is 29.2 Å². The van der Waals surface area contributed by atoms with Crippen LogP contribution < -0.4 is 4.74 Å². The summed E-state index contributed by atoms with van der Waals surface area (Å²) < 4.78 is 27.3. The molecule has 2 aromatic heterocycles. The Hall–Kier alpha value is -2.22. The standard InChI is InChI=1S/C18H18ClN3O3S/c1-2-9-25-15-6-4-14(5-7-15)17-18(19)21-12-22(17)16-8-3-13(10-20-16)11-26(23)24/h3-8,10,12H,2,9,11H2,1H3,(H,23,24). The molecule has 26 heavy (non-hydrogen) atoms. The molecule has 0 amide bonds. The number of benzene rings is 1. The summed E-state index contributed by atoms with van der Waals surface area (Å²) in [4.78, 5) is 8.53. The van der Waals surface area contributed by atoms with Crippen LogP contribution in [0.5, 0.6) is 5.75 Å². The first-order valence-corrected chi connectivity index (χ1v) is 9.72. The second-order valence-corrected chi connectivity index (χ2v) is 6.91. The molecule has 8 heteroatoms. The lowest BCUT2D eigenvalue weighted by atomic mass is 10.1. The fourth-order valence-electron chi connectivity index (χ4n) is 2.47. The average molecular weight is 392 g/mol. The third-order valence-electron chi connectivity index (χ3n) is 3.67. The number of halogens is 1. The van der Waals surface area contributed by atoms with E-state index in [4.69, 9.17) is 20.9 Å². The molecular weight excluding hydrogens is 374 g/mol. The summed E-state index contributed by atoms with van der Waals surface area (Å²) in [5.41, 5.74) is 2.29. The van der Waals surface area contributed by atoms with Crippen LogP contribution in [0.25, 0.3) is 17.1 Å². The van der Waals surface area contributed by atoms with Gasteiger partial charge in [0, 0.05) is 11.8 Å². The largest absolute Gasteiger partial charge is 0.494 e. The smallest absolute Gasteiger partial charge is 0.157 e. The van der Waals surface area contributed by atoms with Crippen molar-refractivity contribution in [2.75, 3.05) is 6.61 Å². The Morgan fingerprint density at radius 2 is 1.96 bits per heavy atom. The van der Waals surface area contributed by atoms with Gasteiger partial charge >= 0.3 is 0 Å². The number of nitrogens with zero attached hydrogens (tertiary/aromatic N) is 3. The van der Waals surface area contributed by atoms with Gasteiger partial charge in [-0.05, 0) is 42.3 Å². The lowest BCUT2D eigenvalue weighted by Crippen LogP contribution is -2.01. The van der Waals surface area contributed by atoms with Crippen molar-refractivity contribution in [2.45, 2.75) is 19.1 Å². The van der Waals surface area contributed by atoms with E-state index in [1.807, 2.05) is 24.3 Å². The van der Waals surface area contributed by atoms with Crippen molar-refractivity contribution in [2.24, 2.45) is 0 Å². The Balaban J connectivity index is 1.90. The summed E-state index contributed by atoms with van der Waals surface area (Å²) in [5.74, 6) is 1.47. The number of pyridine rings is 1. The van der Waals surface area contributed by atoms with Gasteiger partial charge in [0.2, 0.25) is 0 Å². The molecule has 0 fully saturated rings. The van der Waals surface area contributed by atoms with Crippen molar-refractivity contribution < 1.29 is 13.5 Å². The van der Waals surface area contributed by atoms with Crippen LogP contribution in [0.3, 0.4) is 0 Å². The monoisotopic (exact) mass is 391 g/mol. The summed E-state index contributed by atoms with van der Waals surface area (Å²) in [6, 6.07) is 11.2. The van der Waals surface area contributed by atoms with Gasteiger partial charge in [0.1, 0.15) is 17.9 Å². The number of hydrogen-bond acceptors (Lipinski definition) is 4. The van der Waals surface area contributed by atoms with E-state index in [1.165, 1.54) is 0 Å². The molecule has 0 spiro atoms. The zero-order valence-electron chi connectivity index (χ0n) is 14.1. The first kappa shape index (κ1) is 18.6. The maximum Gasteiger partial charge on any atom is 0.157 e. The van der Waals surface area contributed by atoms with Crippen LogP contribution in [0, 0.1) is 0 Å². The fraction of sp³-hybridized carbons (Fsp3) is 0.222. The van der Waals surface area contributed by atoms with E-state index < -0.39 is 11.1 Å². The molecule has 3 rings (SSSR count). The van der Waals surface area contributed by atoms with Crippen molar-refractivity contribution in [3.05, 3.63) is 59.6 Å². The Morgan fingerprint density at radius 3 is 2.58 bits per heavy atom. The zero-order chi connectivity index (χ0) is 18.5. The maximum absolute atomic E-state index is 10.9. The van der Waals surface area contributed by atoms with Crippen molar-refractivity contribution in [1.82, 2.24) is 14.5 Å². The van der Waals surface area contributed by atoms with E-state index in [0.29, 0.717) is 23.1 Å². The molecule has 136 valence electrons. The summed E-state index contributed by atoms with van der Waals surface area (Å²) >= 11 is 4.39. The van der Waals surface area contributed by atoms with Gasteiger partial charge in [0.05, 0.1) is 18.1 Å². The SMILES string of the molecule is CCCOc1ccc(-c2c(Cl)ncn2-c2ccc(CS(=O)O)cn2)cc1. The van der Waals surface area contributed by atoms with Crippen LogP contribution in [-0.2, 0) is 16.8 Å². The molecule has 0 aliphatic heterocycles. The van der Waals surface area contributed by atoms with E-state index in [9.17, 15) is 4.21 Å². The minimum atomic E-state index is -1.89. The van der Waals surface area contributed by atoms with Crippen LogP contribution in [0.2, 0.25) is 5.15 Å². The summed E-state index contributed by atoms with van der Waals surface area (Å²) in [6.45, 7) is 2.73. The Kier molecular flexibility index (Phi) is 6.03. The van der Waals surface area contributed by atoms with Gasteiger partial charge < -0.3 is 9.29 Å². The van der Waals surface area contributed by atoms with Crippen molar-refractivity contribution >= 4 is 22.7 Å². The molecule has 0 aliphatic rings. The summed E-state index contributed by atoms with van der Waals surface area (Å²) in [5, 5.41) is 0.370. The normalized spacial score (nSPS) is 12.1. The molecule has 0 saturated carbocycles. The van der Waals surface area contributed by atoms with Crippen molar-refractivity contribution in [1.29, 1.82) is 0 Å². The molecule has 6 nitrogen and oxygen atoms in total. The first-order chi connectivity index (χ1) is 12.6. The molecule has 1 N–H and O–H groups in total. The number of hydrogen-bond donors (Lipinski definition) is 1. The van der Waals surface area contributed by atoms with Crippen LogP contribution >= 0.6 is 11.6 Å². The quantitative estimate of drug-likeness (QED) is 0.613. The molecule has 0 saturated heterocycles. The summed E-state index contributed by atoms with van der Waals surface area (Å²) in [7, 11) is 0. The van der Waals surface area contributed by atoms with Gasteiger partial charge in [-0.25, -0.2) is 14.2 Å². The highest BCUT2D eigenvalue weighted by Crippen LogP contribution is 2.30. The predicted octanol–water partition coefficient (Wildman–Crippen LogP) is 4.10. The van der Waals surface area contributed by atoms with Gasteiger partial charge in [-0.2, -0.15) is 0 Å². The van der Waals surface area contributed by atoms with Crippen LogP contribution in [0.15, 0.2) is 48.9 Å². The highest BCUT2D eigenvalue weighted by atomic mass is 35.5. The lowest BCUT2D eigenvalue weighted by Gasteiger charge is -2.10. The van der Waals surface area contributed by atoms with Gasteiger partial charge in [-0.1, -0.05) is 24.6 Å². The van der Waals surface area contributed by atoms with Crippen molar-refractivity contribution in [3.8, 4) is 22.8 Å². The van der Waals surface area contributed by atoms with E-state index >= 15 is 0 Å². The van der Waals surface area contributed by atoms with Gasteiger partial charge in [0.15, 0.2) is 16.2 Å². The highest BCUT2D eigenvalue weighted by Gasteiger charge is 2.14. The molecule has 1 aromatic carbocycles. The van der Waals surface area contributed by atoms with Gasteiger partial charge in [-0.3, -0.25) is 4.57 Å². The Bertz CT molecular complexity index is 895. The second-order valence-electron chi connectivity index (χ2n) is 5.62. The van der Waals surface area contributed by atoms with Gasteiger partial charge in [-0.15, -0.1) is 0 Å². The maximum atomic E-state index is 10.9. The fourth-order valence-corrected chi connectivity index (χ4v) is 3.17. The van der Waals surface area contributed by atoms with E-state index in [-0.39, 0.29) is 5.75 Å². The van der Waals surface area contributed by atoms with Crippen LogP contribution in [-0.4, -0.2) is 29.9 Å².